The van der Waals surface area contributed by atoms with Gasteiger partial charge in [0.05, 0.1) is 0 Å². The molecule has 0 spiro atoms. The molecule has 0 fully saturated rings. The molecule has 0 unspecified atom stereocenters. The van der Waals surface area contributed by atoms with Gasteiger partial charge in [-0.15, -0.1) is 0 Å². The van der Waals surface area contributed by atoms with Crippen LogP contribution in [-0.4, -0.2) is 15.2 Å². The smallest absolute Gasteiger partial charge is 0.0715 e. The van der Waals surface area contributed by atoms with E-state index in [1.807, 2.05) is 4.91 Å². The third-order valence-electron chi connectivity index (χ3n) is 2.25. The lowest BCUT2D eigenvalue weighted by molar-refractivity contribution is 0.928. The van der Waals surface area contributed by atoms with E-state index in [4.69, 9.17) is 11.1 Å². The predicted octanol–water partition coefficient (Wildman–Crippen LogP) is 2.86. The molecule has 0 aliphatic heterocycles. The second-order valence-corrected chi connectivity index (χ2v) is 22.6. The number of rotatable bonds is 1. The standard InChI is InChI=1S/C6H18Si2.H2N3/c1-7(2,3)8(4,5)6;1-3-2/h1-6H3;1-2H/q;+1. The van der Waals surface area contributed by atoms with Crippen molar-refractivity contribution in [3.8, 4) is 0 Å². The van der Waals surface area contributed by atoms with Gasteiger partial charge in [0.25, 0.3) is 0 Å². The summed E-state index contributed by atoms with van der Waals surface area (Å²) in [6.45, 7) is 14.8. The minimum atomic E-state index is -0.720. The van der Waals surface area contributed by atoms with Crippen LogP contribution >= 0.6 is 0 Å². The summed E-state index contributed by atoms with van der Waals surface area (Å²) in [7, 11) is -1.44. The normalized spacial score (nSPS) is 11.1. The van der Waals surface area contributed by atoms with Crippen molar-refractivity contribution in [1.82, 2.24) is 4.91 Å². The van der Waals surface area contributed by atoms with Crippen molar-refractivity contribution in [3.05, 3.63) is 0 Å². The van der Waals surface area contributed by atoms with E-state index in [-0.39, 0.29) is 0 Å². The van der Waals surface area contributed by atoms with Gasteiger partial charge in [-0.25, -0.2) is 0 Å². The molecule has 0 atom stereocenters. The van der Waals surface area contributed by atoms with E-state index in [1.165, 1.54) is 0 Å². The zero-order valence-electron chi connectivity index (χ0n) is 8.45. The summed E-state index contributed by atoms with van der Waals surface area (Å²) in [5, 5.41) is 0. The van der Waals surface area contributed by atoms with Crippen LogP contribution in [-0.2, 0) is 0 Å². The Kier molecular flexibility index (Phi) is 5.56. The van der Waals surface area contributed by atoms with Gasteiger partial charge >= 0.3 is 0 Å². The van der Waals surface area contributed by atoms with Crippen LogP contribution in [0.1, 0.15) is 0 Å². The van der Waals surface area contributed by atoms with E-state index in [0.29, 0.717) is 0 Å². The molecule has 0 aromatic rings. The molecule has 0 saturated heterocycles. The third kappa shape index (κ3) is 7.64. The van der Waals surface area contributed by atoms with E-state index >= 15 is 0 Å². The molecule has 66 valence electrons. The quantitative estimate of drug-likeness (QED) is 0.363. The van der Waals surface area contributed by atoms with Crippen molar-refractivity contribution in [1.29, 1.82) is 11.1 Å². The van der Waals surface area contributed by atoms with Gasteiger partial charge in [-0.3, -0.25) is 0 Å². The summed E-state index contributed by atoms with van der Waals surface area (Å²) in [5.74, 6) is 0. The second-order valence-electron chi connectivity index (χ2n) is 4.61. The Bertz CT molecular complexity index is 125. The average molecular weight is 190 g/mol. The fourth-order valence-electron chi connectivity index (χ4n) is 0. The molecule has 0 bridgehead atoms. The molecule has 0 aliphatic rings. The topological polar surface area (TPSA) is 61.8 Å². The molecule has 2 N–H and O–H groups in total. The zero-order chi connectivity index (χ0) is 9.71. The average Bonchev–Trinajstić information content (AvgIpc) is 1.60. The molecule has 0 amide bonds. The summed E-state index contributed by atoms with van der Waals surface area (Å²) in [6.07, 6.45) is 0. The molecule has 11 heavy (non-hydrogen) atoms. The van der Waals surface area contributed by atoms with Crippen LogP contribution in [0, 0.1) is 11.1 Å². The summed E-state index contributed by atoms with van der Waals surface area (Å²) in [6, 6.07) is 0. The Morgan fingerprint density at radius 3 is 0.818 bits per heavy atom. The number of nitrogens with zero attached hydrogens (tertiary/aromatic N) is 1. The van der Waals surface area contributed by atoms with Gasteiger partial charge in [0.15, 0.2) is 0 Å². The monoisotopic (exact) mass is 190 g/mol. The van der Waals surface area contributed by atoms with Gasteiger partial charge in [-0.1, -0.05) is 39.3 Å². The number of nitrogens with one attached hydrogen (secondary N) is 2. The molecule has 0 heterocycles. The van der Waals surface area contributed by atoms with Gasteiger partial charge in [-0.05, 0) is 0 Å². The molecule has 0 saturated carbocycles. The number of hydrogen-bond acceptors (Lipinski definition) is 2. The summed E-state index contributed by atoms with van der Waals surface area (Å²) >= 11 is 0. The van der Waals surface area contributed by atoms with Crippen molar-refractivity contribution < 1.29 is 0 Å². The van der Waals surface area contributed by atoms with Crippen molar-refractivity contribution in [3.63, 3.8) is 0 Å². The van der Waals surface area contributed by atoms with Gasteiger partial charge in [0.2, 0.25) is 4.91 Å². The highest BCUT2D eigenvalue weighted by Gasteiger charge is 2.31. The van der Waals surface area contributed by atoms with E-state index in [9.17, 15) is 0 Å². The van der Waals surface area contributed by atoms with Crippen molar-refractivity contribution in [2.45, 2.75) is 39.3 Å². The highest BCUT2D eigenvalue weighted by molar-refractivity contribution is 7.39. The first-order chi connectivity index (χ1) is 4.66. The minimum Gasteiger partial charge on any atom is -0.0715 e. The van der Waals surface area contributed by atoms with Gasteiger partial charge < -0.3 is 0 Å². The van der Waals surface area contributed by atoms with Crippen molar-refractivity contribution >= 4 is 15.2 Å². The van der Waals surface area contributed by atoms with Crippen LogP contribution in [0.25, 0.3) is 0 Å². The van der Waals surface area contributed by atoms with Crippen LogP contribution in [0.4, 0.5) is 0 Å². The Balaban J connectivity index is 0. The van der Waals surface area contributed by atoms with E-state index in [0.717, 1.165) is 0 Å². The minimum absolute atomic E-state index is 0.720. The Labute approximate surface area is 71.0 Å². The fourth-order valence-corrected chi connectivity index (χ4v) is 0. The fraction of sp³-hybridized carbons (Fsp3) is 1.00. The van der Waals surface area contributed by atoms with Crippen LogP contribution in [0.5, 0.6) is 0 Å². The van der Waals surface area contributed by atoms with Gasteiger partial charge in [-0.2, -0.15) is 0 Å². The largest absolute Gasteiger partial charge is 0.211 e. The summed E-state index contributed by atoms with van der Waals surface area (Å²) < 4.78 is 0. The molecular formula is C6H20N3Si2+. The van der Waals surface area contributed by atoms with Crippen LogP contribution < -0.4 is 4.91 Å². The molecule has 5 heteroatoms. The maximum atomic E-state index is 5.50. The summed E-state index contributed by atoms with van der Waals surface area (Å²) in [4.78, 5) is 2.00. The Morgan fingerprint density at radius 2 is 0.818 bits per heavy atom. The van der Waals surface area contributed by atoms with Gasteiger partial charge in [0, 0.05) is 15.2 Å². The Hall–Kier alpha value is -0.256. The van der Waals surface area contributed by atoms with E-state index in [1.54, 1.807) is 0 Å². The maximum absolute atomic E-state index is 5.50. The first kappa shape index (κ1) is 13.3. The number of hydrogen-bond donors (Lipinski definition) is 2. The van der Waals surface area contributed by atoms with Gasteiger partial charge in [0.1, 0.15) is 11.1 Å². The molecule has 0 rings (SSSR count). The van der Waals surface area contributed by atoms with Crippen molar-refractivity contribution in [2.75, 3.05) is 0 Å². The lowest BCUT2D eigenvalue weighted by Gasteiger charge is -2.30. The SMILES string of the molecule is C[Si](C)(C)[Si](C)(C)C.N=[N+]=N. The molecule has 0 aromatic heterocycles. The molecule has 3 nitrogen and oxygen atoms in total. The molecular weight excluding hydrogens is 170 g/mol. The predicted molar refractivity (Wildman–Crippen MR) is 54.3 cm³/mol. The molecule has 0 aliphatic carbocycles. The van der Waals surface area contributed by atoms with Crippen LogP contribution in [0.15, 0.2) is 0 Å². The highest BCUT2D eigenvalue weighted by atomic mass is 29.3. The zero-order valence-corrected chi connectivity index (χ0v) is 10.4. The van der Waals surface area contributed by atoms with E-state index in [2.05, 4.69) is 39.3 Å². The second kappa shape index (κ2) is 4.59. The lowest BCUT2D eigenvalue weighted by Crippen LogP contribution is -2.49. The first-order valence-electron chi connectivity index (χ1n) is 3.70. The highest BCUT2D eigenvalue weighted by Crippen LogP contribution is 2.16. The molecule has 0 aromatic carbocycles. The Morgan fingerprint density at radius 1 is 0.727 bits per heavy atom. The molecule has 0 radical (unpaired) electrons. The van der Waals surface area contributed by atoms with Crippen LogP contribution in [0.2, 0.25) is 39.3 Å². The van der Waals surface area contributed by atoms with Crippen LogP contribution in [0.3, 0.4) is 0 Å². The third-order valence-corrected chi connectivity index (χ3v) is 20.2. The maximum Gasteiger partial charge on any atom is 0.211 e. The van der Waals surface area contributed by atoms with Crippen molar-refractivity contribution in [2.24, 2.45) is 0 Å². The van der Waals surface area contributed by atoms with E-state index < -0.39 is 15.2 Å². The first-order valence-corrected chi connectivity index (χ1v) is 11.7. The lowest BCUT2D eigenvalue weighted by atomic mass is 11.8. The summed E-state index contributed by atoms with van der Waals surface area (Å²) in [5.41, 5.74) is 11.0.